The summed E-state index contributed by atoms with van der Waals surface area (Å²) >= 11 is 0. The van der Waals surface area contributed by atoms with Crippen LogP contribution in [0.15, 0.2) is 10.9 Å². The van der Waals surface area contributed by atoms with Crippen LogP contribution in [0, 0.1) is 0 Å². The highest BCUT2D eigenvalue weighted by molar-refractivity contribution is 5.39. The minimum atomic E-state index is -2.90. The molecule has 0 aliphatic rings. The highest BCUT2D eigenvalue weighted by atomic mass is 19.3. The first-order valence-electron chi connectivity index (χ1n) is 3.34. The molecule has 0 atom stereocenters. The molecule has 1 aromatic heterocycles. The van der Waals surface area contributed by atoms with Gasteiger partial charge in [-0.1, -0.05) is 0 Å². The van der Waals surface area contributed by atoms with Gasteiger partial charge in [0.1, 0.15) is 11.3 Å². The molecule has 1 heterocycles. The van der Waals surface area contributed by atoms with Crippen LogP contribution < -0.4 is 10.3 Å². The zero-order chi connectivity index (χ0) is 10.0. The van der Waals surface area contributed by atoms with Crippen molar-refractivity contribution in [3.8, 4) is 11.6 Å². The van der Waals surface area contributed by atoms with Gasteiger partial charge in [-0.25, -0.2) is 8.78 Å². The minimum Gasteiger partial charge on any atom is -0.496 e. The molecular weight excluding hydrogens is 184 g/mol. The van der Waals surface area contributed by atoms with Gasteiger partial charge in [-0.3, -0.25) is 9.78 Å². The lowest BCUT2D eigenvalue weighted by molar-refractivity contribution is 0.142. The number of aromatic nitrogens is 1. The van der Waals surface area contributed by atoms with Gasteiger partial charge in [0.05, 0.1) is 7.11 Å². The molecule has 0 saturated heterocycles. The summed E-state index contributed by atoms with van der Waals surface area (Å²) in [5.74, 6) is -1.18. The fourth-order valence-electron chi connectivity index (χ4n) is 0.913. The Morgan fingerprint density at radius 1 is 1.62 bits per heavy atom. The first-order chi connectivity index (χ1) is 6.06. The molecule has 4 nitrogen and oxygen atoms in total. The second kappa shape index (κ2) is 3.42. The van der Waals surface area contributed by atoms with Gasteiger partial charge in [0.15, 0.2) is 0 Å². The van der Waals surface area contributed by atoms with Crippen LogP contribution in [0.4, 0.5) is 8.78 Å². The predicted octanol–water partition coefficient (Wildman–Crippen LogP) is 1.03. The Morgan fingerprint density at radius 2 is 2.23 bits per heavy atom. The Kier molecular flexibility index (Phi) is 2.50. The molecule has 0 fully saturated rings. The normalized spacial score (nSPS) is 10.5. The van der Waals surface area contributed by atoms with Crippen molar-refractivity contribution in [1.82, 2.24) is 4.98 Å². The van der Waals surface area contributed by atoms with Gasteiger partial charge in [-0.15, -0.1) is 0 Å². The van der Waals surface area contributed by atoms with Crippen LogP contribution in [0.3, 0.4) is 0 Å². The molecule has 72 valence electrons. The van der Waals surface area contributed by atoms with E-state index in [9.17, 15) is 13.6 Å². The number of aromatic amines is 1. The van der Waals surface area contributed by atoms with E-state index in [0.29, 0.717) is 0 Å². The van der Waals surface area contributed by atoms with Crippen LogP contribution in [0.5, 0.6) is 11.6 Å². The fourth-order valence-corrected chi connectivity index (χ4v) is 0.913. The number of alkyl halides is 2. The van der Waals surface area contributed by atoms with Crippen molar-refractivity contribution in [2.75, 3.05) is 7.11 Å². The van der Waals surface area contributed by atoms with E-state index in [2.05, 4.69) is 4.74 Å². The average molecular weight is 191 g/mol. The molecule has 1 aromatic rings. The number of ether oxygens (including phenoxy) is 1. The fraction of sp³-hybridized carbons (Fsp3) is 0.286. The molecule has 0 aliphatic heterocycles. The van der Waals surface area contributed by atoms with Crippen molar-refractivity contribution in [2.24, 2.45) is 0 Å². The largest absolute Gasteiger partial charge is 0.496 e. The number of H-pyrrole nitrogens is 1. The predicted molar refractivity (Wildman–Crippen MR) is 40.2 cm³/mol. The maximum atomic E-state index is 12.2. The van der Waals surface area contributed by atoms with E-state index >= 15 is 0 Å². The van der Waals surface area contributed by atoms with Gasteiger partial charge in [-0.2, -0.15) is 0 Å². The SMILES string of the molecule is COc1cc(=O)[nH]c(O)c1C(F)F. The van der Waals surface area contributed by atoms with Gasteiger partial charge in [0.25, 0.3) is 12.0 Å². The Morgan fingerprint density at radius 3 is 2.69 bits per heavy atom. The van der Waals surface area contributed by atoms with E-state index in [1.54, 1.807) is 0 Å². The Balaban J connectivity index is 3.38. The summed E-state index contributed by atoms with van der Waals surface area (Å²) in [6.07, 6.45) is -2.90. The van der Waals surface area contributed by atoms with Crippen molar-refractivity contribution in [2.45, 2.75) is 6.43 Å². The molecule has 0 unspecified atom stereocenters. The summed E-state index contributed by atoms with van der Waals surface area (Å²) in [6, 6.07) is 0.848. The highest BCUT2D eigenvalue weighted by Crippen LogP contribution is 2.32. The highest BCUT2D eigenvalue weighted by Gasteiger charge is 2.19. The maximum absolute atomic E-state index is 12.2. The number of aromatic hydroxyl groups is 1. The summed E-state index contributed by atoms with van der Waals surface area (Å²) < 4.78 is 29.0. The van der Waals surface area contributed by atoms with Crippen molar-refractivity contribution in [3.63, 3.8) is 0 Å². The van der Waals surface area contributed by atoms with E-state index in [1.807, 2.05) is 4.98 Å². The first kappa shape index (κ1) is 9.50. The van der Waals surface area contributed by atoms with Crippen molar-refractivity contribution in [3.05, 3.63) is 22.0 Å². The van der Waals surface area contributed by atoms with Gasteiger partial charge in [0.2, 0.25) is 5.88 Å². The molecule has 0 aromatic carbocycles. The third-order valence-electron chi connectivity index (χ3n) is 1.46. The van der Waals surface area contributed by atoms with Crippen LogP contribution in [-0.4, -0.2) is 17.2 Å². The second-order valence-corrected chi connectivity index (χ2v) is 2.26. The molecular formula is C7H7F2NO3. The second-order valence-electron chi connectivity index (χ2n) is 2.26. The number of nitrogens with one attached hydrogen (secondary N) is 1. The quantitative estimate of drug-likeness (QED) is 0.733. The van der Waals surface area contributed by atoms with Crippen LogP contribution in [0.1, 0.15) is 12.0 Å². The topological polar surface area (TPSA) is 62.3 Å². The number of hydrogen-bond donors (Lipinski definition) is 2. The van der Waals surface area contributed by atoms with Crippen molar-refractivity contribution < 1.29 is 18.6 Å². The average Bonchev–Trinajstić information content (AvgIpc) is 2.01. The minimum absolute atomic E-state index is 0.323. The molecule has 2 N–H and O–H groups in total. The van der Waals surface area contributed by atoms with Crippen LogP contribution in [0.25, 0.3) is 0 Å². The summed E-state index contributed by atoms with van der Waals surface area (Å²) in [7, 11) is 1.14. The van der Waals surface area contributed by atoms with Crippen molar-refractivity contribution >= 4 is 0 Å². The Labute approximate surface area is 71.8 Å². The lowest BCUT2D eigenvalue weighted by Crippen LogP contribution is -2.07. The van der Waals surface area contributed by atoms with E-state index in [1.165, 1.54) is 0 Å². The molecule has 0 radical (unpaired) electrons. The van der Waals surface area contributed by atoms with Crippen molar-refractivity contribution in [1.29, 1.82) is 0 Å². The van der Waals surface area contributed by atoms with Crippen LogP contribution >= 0.6 is 0 Å². The molecule has 0 saturated carbocycles. The molecule has 0 bridgehead atoms. The molecule has 0 amide bonds. The lowest BCUT2D eigenvalue weighted by atomic mass is 10.2. The summed E-state index contributed by atoms with van der Waals surface area (Å²) in [5, 5.41) is 8.96. The zero-order valence-electron chi connectivity index (χ0n) is 6.67. The molecule has 0 aliphatic carbocycles. The summed E-state index contributed by atoms with van der Waals surface area (Å²) in [5.41, 5.74) is -1.40. The van der Waals surface area contributed by atoms with E-state index in [-0.39, 0.29) is 5.75 Å². The van der Waals surface area contributed by atoms with Gasteiger partial charge < -0.3 is 9.84 Å². The Bertz CT molecular complexity index is 361. The van der Waals surface area contributed by atoms with E-state index in [4.69, 9.17) is 5.11 Å². The van der Waals surface area contributed by atoms with Crippen LogP contribution in [0.2, 0.25) is 0 Å². The monoisotopic (exact) mass is 191 g/mol. The van der Waals surface area contributed by atoms with E-state index < -0.39 is 23.4 Å². The van der Waals surface area contributed by atoms with Crippen LogP contribution in [-0.2, 0) is 0 Å². The summed E-state index contributed by atoms with van der Waals surface area (Å²) in [4.78, 5) is 12.5. The number of methoxy groups -OCH3 is 1. The number of halogens is 2. The van der Waals surface area contributed by atoms with Gasteiger partial charge in [0, 0.05) is 6.07 Å². The number of rotatable bonds is 2. The smallest absolute Gasteiger partial charge is 0.272 e. The third-order valence-corrected chi connectivity index (χ3v) is 1.46. The number of pyridine rings is 1. The first-order valence-corrected chi connectivity index (χ1v) is 3.34. The molecule has 0 spiro atoms. The number of hydrogen-bond acceptors (Lipinski definition) is 3. The van der Waals surface area contributed by atoms with Gasteiger partial charge in [-0.05, 0) is 0 Å². The lowest BCUT2D eigenvalue weighted by Gasteiger charge is -2.07. The molecule has 1 rings (SSSR count). The molecule has 13 heavy (non-hydrogen) atoms. The zero-order valence-corrected chi connectivity index (χ0v) is 6.67. The standard InChI is InChI=1S/C7H7F2NO3/c1-13-3-2-4(11)10-7(12)5(3)6(8)9/h2,6H,1H3,(H2,10,11,12). The molecule has 6 heteroatoms. The maximum Gasteiger partial charge on any atom is 0.272 e. The van der Waals surface area contributed by atoms with E-state index in [0.717, 1.165) is 13.2 Å². The summed E-state index contributed by atoms with van der Waals surface area (Å²) in [6.45, 7) is 0. The third kappa shape index (κ3) is 1.77. The van der Waals surface area contributed by atoms with Gasteiger partial charge >= 0.3 is 0 Å². The Hall–Kier alpha value is -1.59.